The number of fused-ring (bicyclic) bond motifs is 9. The van der Waals surface area contributed by atoms with Crippen LogP contribution in [0.25, 0.3) is 12.2 Å². The molecule has 69 heavy (non-hydrogen) atoms. The van der Waals surface area contributed by atoms with E-state index in [4.69, 9.17) is 63.6 Å². The fourth-order valence-corrected chi connectivity index (χ4v) is 10.5. The second-order valence-corrected chi connectivity index (χ2v) is 19.8. The summed E-state index contributed by atoms with van der Waals surface area (Å²) in [6, 6.07) is 0. The van der Waals surface area contributed by atoms with Crippen LogP contribution in [-0.2, 0) is 44.4 Å². The first-order valence-corrected chi connectivity index (χ1v) is 24.7. The van der Waals surface area contributed by atoms with Gasteiger partial charge >= 0.3 is 5.97 Å². The number of aromatic nitrogens is 2. The van der Waals surface area contributed by atoms with Gasteiger partial charge in [-0.25, -0.2) is 14.8 Å². The number of halogens is 1. The third kappa shape index (κ3) is 14.6. The maximum absolute atomic E-state index is 13.6. The Labute approximate surface area is 410 Å². The van der Waals surface area contributed by atoms with Gasteiger partial charge in [0.15, 0.2) is 11.7 Å². The van der Waals surface area contributed by atoms with Gasteiger partial charge in [-0.3, -0.25) is 0 Å². The Morgan fingerprint density at radius 2 is 1.78 bits per heavy atom. The maximum Gasteiger partial charge on any atom is 0.330 e. The highest BCUT2D eigenvalue weighted by Gasteiger charge is 2.45. The zero-order valence-electron chi connectivity index (χ0n) is 40.7. The molecule has 4 saturated heterocycles. The first-order valence-electron chi connectivity index (χ1n) is 24.3. The highest BCUT2D eigenvalue weighted by molar-refractivity contribution is 6.25. The normalized spacial score (nSPS) is 36.1. The second kappa shape index (κ2) is 24.4. The molecular formula is C53H71ClN2O13. The first-order chi connectivity index (χ1) is 33.1. The van der Waals surface area contributed by atoms with Gasteiger partial charge in [0.1, 0.15) is 36.1 Å². The molecule has 5 aliphatic heterocycles. The largest absolute Gasteiger partial charge is 0.458 e. The van der Waals surface area contributed by atoms with Gasteiger partial charge in [0.25, 0.3) is 0 Å². The van der Waals surface area contributed by atoms with Gasteiger partial charge < -0.3 is 57.3 Å². The molecule has 3 N–H and O–H groups in total. The molecule has 5 aliphatic rings. The zero-order chi connectivity index (χ0) is 49.2. The summed E-state index contributed by atoms with van der Waals surface area (Å²) in [4.78, 5) is 23.0. The number of aliphatic hydroxyl groups is 3. The average molecular weight is 980 g/mol. The summed E-state index contributed by atoms with van der Waals surface area (Å²) in [6.07, 6.45) is 19.0. The summed E-state index contributed by atoms with van der Waals surface area (Å²) in [5.74, 6) is -1.97. The van der Waals surface area contributed by atoms with Crippen molar-refractivity contribution in [3.63, 3.8) is 0 Å². The molecule has 0 saturated carbocycles. The molecule has 8 bridgehead atoms. The van der Waals surface area contributed by atoms with Crippen molar-refractivity contribution in [1.29, 1.82) is 0 Å². The standard InChI is InChI=1S/C53H71ClN2O13/c1-31(16-17-38(61-6)12-10-18-54)21-44(58)47-26-42(62-7)27-53(60,69-47)28-49-55-36(29-63-49)22-33(3)51-35(5)52-34(4)45(67-51)13-9-14-48-56-43(30-64-48)46-24-37(57)23-41(66-46)25-40-20-32(2)19-39(65-40)11-8-15-50(59)68-52/h8-10,14-18,21-22,29-30,34-35,37-42,44-47,51-52,57-58,60H,2,11-13,19-20,23-28H2,1,3-7H3/b14-9+,15-8-,17-16+,18-10+,31-21+,33-22+/t34-,35-,37+,38+,39-,40+,41-,42+,44+,45+,46+,47+,51-,52-,53-/m0/s1. The van der Waals surface area contributed by atoms with Gasteiger partial charge in [0.2, 0.25) is 5.89 Å². The number of hydrogen-bond donors (Lipinski definition) is 3. The van der Waals surface area contributed by atoms with Gasteiger partial charge in [-0.15, -0.1) is 0 Å². The molecule has 2 aromatic rings. The summed E-state index contributed by atoms with van der Waals surface area (Å²) in [5.41, 5.74) is 5.28. The van der Waals surface area contributed by atoms with Gasteiger partial charge in [-0.2, -0.15) is 0 Å². The molecule has 0 amide bonds. The Hall–Kier alpha value is -4.00. The first kappa shape index (κ1) is 52.8. The Morgan fingerprint density at radius 1 is 0.986 bits per heavy atom. The molecule has 0 radical (unpaired) electrons. The number of allylic oxidation sites excluding steroid dienone is 2. The Bertz CT molecular complexity index is 2210. The van der Waals surface area contributed by atoms with Crippen LogP contribution in [0.3, 0.4) is 0 Å². The Morgan fingerprint density at radius 3 is 2.57 bits per heavy atom. The third-order valence-corrected chi connectivity index (χ3v) is 14.0. The van der Waals surface area contributed by atoms with E-state index in [1.165, 1.54) is 17.9 Å². The van der Waals surface area contributed by atoms with Crippen molar-refractivity contribution in [3.8, 4) is 0 Å². The topological polar surface area (TPSA) is 194 Å². The molecule has 2 aromatic heterocycles. The molecule has 15 nitrogen and oxygen atoms in total. The number of rotatable bonds is 12. The van der Waals surface area contributed by atoms with Crippen molar-refractivity contribution >= 4 is 29.7 Å². The Kier molecular flexibility index (Phi) is 18.7. The van der Waals surface area contributed by atoms with Crippen molar-refractivity contribution in [2.75, 3.05) is 14.2 Å². The van der Waals surface area contributed by atoms with Crippen LogP contribution >= 0.6 is 11.6 Å². The van der Waals surface area contributed by atoms with E-state index in [1.807, 2.05) is 58.1 Å². The van der Waals surface area contributed by atoms with Gasteiger partial charge in [-0.05, 0) is 70.1 Å². The van der Waals surface area contributed by atoms with Crippen LogP contribution in [0.15, 0.2) is 92.7 Å². The summed E-state index contributed by atoms with van der Waals surface area (Å²) >= 11 is 5.68. The smallest absolute Gasteiger partial charge is 0.330 e. The minimum absolute atomic E-state index is 0.0899. The third-order valence-electron chi connectivity index (χ3n) is 13.9. The number of aliphatic hydroxyl groups excluding tert-OH is 2. The molecule has 0 aliphatic carbocycles. The second-order valence-electron chi connectivity index (χ2n) is 19.5. The summed E-state index contributed by atoms with van der Waals surface area (Å²) in [6.45, 7) is 12.1. The summed E-state index contributed by atoms with van der Waals surface area (Å²) < 4.78 is 55.2. The molecule has 0 spiro atoms. The fraction of sp³-hybridized carbons (Fsp3) is 0.604. The molecule has 378 valence electrons. The van der Waals surface area contributed by atoms with Gasteiger partial charge in [-0.1, -0.05) is 79.6 Å². The van der Waals surface area contributed by atoms with E-state index in [1.54, 1.807) is 38.7 Å². The molecule has 16 heteroatoms. The number of carbonyl (C=O) groups excluding carboxylic acids is 1. The molecule has 7 heterocycles. The molecule has 0 unspecified atom stereocenters. The number of methoxy groups -OCH3 is 2. The Balaban J connectivity index is 1.06. The number of carbonyl (C=O) groups is 1. The SMILES string of the molecule is C=C1C[C@@H]2C[C@@H]3C[C@@H](O)C[C@@H](O3)c3coc(n3)/C=C/C[C@H]3O[C@@H](/C(C)=C/c4coc(C[C@]5(O)C[C@H](OC)C[C@H]([C@H](O)/C=C(C)/C=C/[C@@H](C/C=C/Cl)OC)O5)n4)[C@H](C)[C@@H](OC(=O)/C=C\C[C@@H](C1)O2)[C@H]3C. The zero-order valence-corrected chi connectivity index (χ0v) is 41.4. The lowest BCUT2D eigenvalue weighted by molar-refractivity contribution is -0.286. The van der Waals surface area contributed by atoms with E-state index >= 15 is 0 Å². The van der Waals surface area contributed by atoms with Crippen molar-refractivity contribution in [2.45, 2.75) is 177 Å². The number of esters is 1. The highest BCUT2D eigenvalue weighted by atomic mass is 35.5. The summed E-state index contributed by atoms with van der Waals surface area (Å²) in [5, 5.41) is 33.9. The van der Waals surface area contributed by atoms with E-state index in [-0.39, 0.29) is 61.1 Å². The van der Waals surface area contributed by atoms with Crippen LogP contribution in [-0.4, -0.2) is 118 Å². The van der Waals surface area contributed by atoms with Crippen LogP contribution in [0.5, 0.6) is 0 Å². The minimum atomic E-state index is -1.74. The van der Waals surface area contributed by atoms with E-state index in [9.17, 15) is 20.1 Å². The number of nitrogens with zero attached hydrogens (tertiary/aromatic N) is 2. The van der Waals surface area contributed by atoms with Crippen LogP contribution in [0.1, 0.15) is 121 Å². The van der Waals surface area contributed by atoms with Crippen LogP contribution in [0, 0.1) is 11.8 Å². The number of oxazole rings is 2. The van der Waals surface area contributed by atoms with Gasteiger partial charge in [0.05, 0.1) is 67.5 Å². The minimum Gasteiger partial charge on any atom is -0.458 e. The van der Waals surface area contributed by atoms with Crippen LogP contribution < -0.4 is 0 Å². The average Bonchev–Trinajstić information content (AvgIpc) is 3.96. The molecular weight excluding hydrogens is 908 g/mol. The van der Waals surface area contributed by atoms with Gasteiger partial charge in [0, 0.05) is 63.3 Å². The molecule has 0 aromatic carbocycles. The fourth-order valence-electron chi connectivity index (χ4n) is 10.4. The quantitative estimate of drug-likeness (QED) is 0.104. The predicted molar refractivity (Wildman–Crippen MR) is 258 cm³/mol. The molecule has 4 fully saturated rings. The highest BCUT2D eigenvalue weighted by Crippen LogP contribution is 2.40. The van der Waals surface area contributed by atoms with Crippen molar-refractivity contribution < 1.29 is 62.1 Å². The molecule has 7 rings (SSSR count). The van der Waals surface area contributed by atoms with Crippen molar-refractivity contribution in [3.05, 3.63) is 107 Å². The van der Waals surface area contributed by atoms with E-state index < -0.39 is 54.5 Å². The van der Waals surface area contributed by atoms with Crippen molar-refractivity contribution in [1.82, 2.24) is 9.97 Å². The predicted octanol–water partition coefficient (Wildman–Crippen LogP) is 8.60. The number of ether oxygens (including phenoxy) is 7. The lowest BCUT2D eigenvalue weighted by atomic mass is 9.79. The summed E-state index contributed by atoms with van der Waals surface area (Å²) in [7, 11) is 3.19. The van der Waals surface area contributed by atoms with Crippen molar-refractivity contribution in [2.24, 2.45) is 11.8 Å². The van der Waals surface area contributed by atoms with Crippen LogP contribution in [0.2, 0.25) is 0 Å². The van der Waals surface area contributed by atoms with E-state index in [0.717, 1.165) is 16.7 Å². The lowest BCUT2D eigenvalue weighted by Gasteiger charge is -2.44. The maximum atomic E-state index is 13.6. The lowest BCUT2D eigenvalue weighted by Crippen LogP contribution is -2.51. The van der Waals surface area contributed by atoms with E-state index in [0.29, 0.717) is 75.1 Å². The number of hydrogen-bond acceptors (Lipinski definition) is 15. The molecule has 15 atom stereocenters. The van der Waals surface area contributed by atoms with Crippen LogP contribution in [0.4, 0.5) is 0 Å². The monoisotopic (exact) mass is 978 g/mol. The van der Waals surface area contributed by atoms with E-state index in [2.05, 4.69) is 6.58 Å².